The number of hydrogen-bond donors (Lipinski definition) is 2. The zero-order valence-corrected chi connectivity index (χ0v) is 14.2. The molecule has 1 unspecified atom stereocenters. The lowest BCUT2D eigenvalue weighted by molar-refractivity contribution is -0.138. The van der Waals surface area contributed by atoms with Crippen LogP contribution in [0.25, 0.3) is 0 Å². The van der Waals surface area contributed by atoms with Crippen LogP contribution in [-0.2, 0) is 16.1 Å². The molecule has 1 atom stereocenters. The third-order valence-corrected chi connectivity index (χ3v) is 4.20. The molecule has 1 aliphatic heterocycles. The summed E-state index contributed by atoms with van der Waals surface area (Å²) in [7, 11) is 0. The number of benzene rings is 1. The van der Waals surface area contributed by atoms with Gasteiger partial charge in [0.2, 0.25) is 5.88 Å². The molecule has 1 aliphatic rings. The van der Waals surface area contributed by atoms with Gasteiger partial charge in [-0.2, -0.15) is 0 Å². The Kier molecular flexibility index (Phi) is 5.48. The van der Waals surface area contributed by atoms with Gasteiger partial charge in [0.25, 0.3) is 5.91 Å². The van der Waals surface area contributed by atoms with Crippen molar-refractivity contribution in [1.82, 2.24) is 10.3 Å². The molecule has 1 saturated heterocycles. The molecule has 1 aromatic carbocycles. The summed E-state index contributed by atoms with van der Waals surface area (Å²) in [6.07, 6.45) is 1.71. The highest BCUT2D eigenvalue weighted by Gasteiger charge is 2.38. The summed E-state index contributed by atoms with van der Waals surface area (Å²) in [6, 6.07) is 12.9. The van der Waals surface area contributed by atoms with E-state index in [1.807, 2.05) is 30.3 Å². The zero-order valence-electron chi connectivity index (χ0n) is 14.2. The van der Waals surface area contributed by atoms with E-state index in [4.69, 9.17) is 14.6 Å². The van der Waals surface area contributed by atoms with Crippen LogP contribution in [0, 0.1) is 0 Å². The molecule has 0 radical (unpaired) electrons. The summed E-state index contributed by atoms with van der Waals surface area (Å²) in [4.78, 5) is 27.7. The number of carbonyl (C=O) groups excluding carboxylic acids is 1. The number of carboxylic acids is 1. The Hall–Kier alpha value is -2.93. The van der Waals surface area contributed by atoms with Crippen molar-refractivity contribution in [3.8, 4) is 5.88 Å². The number of nitrogens with one attached hydrogen (secondary N) is 1. The molecule has 7 nitrogen and oxygen atoms in total. The lowest BCUT2D eigenvalue weighted by Crippen LogP contribution is -2.50. The average Bonchev–Trinajstić information content (AvgIpc) is 3.08. The predicted molar refractivity (Wildman–Crippen MR) is 92.9 cm³/mol. The molecule has 26 heavy (non-hydrogen) atoms. The first-order valence-electron chi connectivity index (χ1n) is 8.31. The Morgan fingerprint density at radius 2 is 2.04 bits per heavy atom. The van der Waals surface area contributed by atoms with E-state index in [1.54, 1.807) is 12.1 Å². The summed E-state index contributed by atoms with van der Waals surface area (Å²) in [5.74, 6) is -0.938. The zero-order chi connectivity index (χ0) is 18.4. The fourth-order valence-corrected chi connectivity index (χ4v) is 2.82. The highest BCUT2D eigenvalue weighted by Crippen LogP contribution is 2.23. The van der Waals surface area contributed by atoms with E-state index in [0.717, 1.165) is 5.56 Å². The first kappa shape index (κ1) is 17.9. The van der Waals surface area contributed by atoms with Gasteiger partial charge in [0.15, 0.2) is 0 Å². The molecule has 7 heteroatoms. The number of pyridine rings is 1. The summed E-state index contributed by atoms with van der Waals surface area (Å²) >= 11 is 0. The van der Waals surface area contributed by atoms with Crippen molar-refractivity contribution in [2.45, 2.75) is 25.0 Å². The molecule has 1 amide bonds. The molecule has 0 aliphatic carbocycles. The Morgan fingerprint density at radius 3 is 2.65 bits per heavy atom. The normalized spacial score (nSPS) is 19.1. The van der Waals surface area contributed by atoms with Crippen LogP contribution >= 0.6 is 0 Å². The first-order valence-corrected chi connectivity index (χ1v) is 8.31. The van der Waals surface area contributed by atoms with E-state index in [-0.39, 0.29) is 18.9 Å². The van der Waals surface area contributed by atoms with Crippen molar-refractivity contribution in [3.05, 3.63) is 59.8 Å². The Bertz CT molecular complexity index is 755. The van der Waals surface area contributed by atoms with Crippen molar-refractivity contribution in [2.75, 3.05) is 13.2 Å². The number of hydrogen-bond acceptors (Lipinski definition) is 5. The number of aliphatic carboxylic acids is 1. The number of amides is 1. The molecule has 2 N–H and O–H groups in total. The van der Waals surface area contributed by atoms with E-state index in [2.05, 4.69) is 10.3 Å². The summed E-state index contributed by atoms with van der Waals surface area (Å²) in [6.45, 7) is 1.01. The fourth-order valence-electron chi connectivity index (χ4n) is 2.82. The molecule has 0 saturated carbocycles. The quantitative estimate of drug-likeness (QED) is 0.788. The van der Waals surface area contributed by atoms with Crippen LogP contribution < -0.4 is 10.1 Å². The minimum atomic E-state index is -0.974. The fraction of sp³-hybridized carbons (Fsp3) is 0.316. The summed E-state index contributed by atoms with van der Waals surface area (Å²) in [5.41, 5.74) is 0.493. The maximum atomic E-state index is 12.4. The highest BCUT2D eigenvalue weighted by molar-refractivity contribution is 5.94. The van der Waals surface area contributed by atoms with Crippen LogP contribution in [0.2, 0.25) is 0 Å². The van der Waals surface area contributed by atoms with E-state index in [0.29, 0.717) is 31.1 Å². The largest absolute Gasteiger partial charge is 0.481 e. The third-order valence-electron chi connectivity index (χ3n) is 4.20. The maximum Gasteiger partial charge on any atom is 0.305 e. The van der Waals surface area contributed by atoms with Crippen molar-refractivity contribution in [3.63, 3.8) is 0 Å². The molecule has 1 aromatic heterocycles. The lowest BCUT2D eigenvalue weighted by Gasteiger charge is -2.26. The molecular weight excluding hydrogens is 336 g/mol. The lowest BCUT2D eigenvalue weighted by atomic mass is 9.94. The topological polar surface area (TPSA) is 97.8 Å². The molecule has 2 heterocycles. The Labute approximate surface area is 151 Å². The maximum absolute atomic E-state index is 12.4. The number of aromatic nitrogens is 1. The van der Waals surface area contributed by atoms with Gasteiger partial charge in [-0.1, -0.05) is 30.3 Å². The standard InChI is InChI=1S/C19H20N2O5/c22-17(23)10-19(8-9-25-13-19)21-18(24)15-6-7-16(20-11-15)26-12-14-4-2-1-3-5-14/h1-7,11H,8-10,12-13H2,(H,21,24)(H,22,23). The molecule has 1 fully saturated rings. The van der Waals surface area contributed by atoms with E-state index < -0.39 is 11.5 Å². The SMILES string of the molecule is O=C(O)CC1(NC(=O)c2ccc(OCc3ccccc3)nc2)CCOC1. The first-order chi connectivity index (χ1) is 12.6. The monoisotopic (exact) mass is 356 g/mol. The second kappa shape index (κ2) is 7.97. The van der Waals surface area contributed by atoms with Gasteiger partial charge in [0.1, 0.15) is 6.61 Å². The van der Waals surface area contributed by atoms with Gasteiger partial charge in [-0.05, 0) is 18.1 Å². The number of carbonyl (C=O) groups is 2. The Balaban J connectivity index is 1.60. The van der Waals surface area contributed by atoms with Crippen molar-refractivity contribution >= 4 is 11.9 Å². The van der Waals surface area contributed by atoms with Crippen molar-refractivity contribution in [1.29, 1.82) is 0 Å². The van der Waals surface area contributed by atoms with Gasteiger partial charge in [-0.25, -0.2) is 4.98 Å². The van der Waals surface area contributed by atoms with Crippen LogP contribution in [0.1, 0.15) is 28.8 Å². The number of ether oxygens (including phenoxy) is 2. The third kappa shape index (κ3) is 4.58. The molecule has 0 spiro atoms. The number of nitrogens with zero attached hydrogens (tertiary/aromatic N) is 1. The van der Waals surface area contributed by atoms with Crippen molar-refractivity contribution in [2.24, 2.45) is 0 Å². The van der Waals surface area contributed by atoms with E-state index in [9.17, 15) is 9.59 Å². The molecular formula is C19H20N2O5. The smallest absolute Gasteiger partial charge is 0.305 e. The highest BCUT2D eigenvalue weighted by atomic mass is 16.5. The Morgan fingerprint density at radius 1 is 1.23 bits per heavy atom. The van der Waals surface area contributed by atoms with Gasteiger partial charge in [0.05, 0.1) is 24.1 Å². The van der Waals surface area contributed by atoms with Gasteiger partial charge < -0.3 is 19.9 Å². The predicted octanol–water partition coefficient (Wildman–Crippen LogP) is 2.02. The van der Waals surface area contributed by atoms with Gasteiger partial charge in [-0.15, -0.1) is 0 Å². The number of carboxylic acid groups (broad SMARTS) is 1. The second-order valence-electron chi connectivity index (χ2n) is 6.27. The van der Waals surface area contributed by atoms with Gasteiger partial charge in [-0.3, -0.25) is 9.59 Å². The summed E-state index contributed by atoms with van der Waals surface area (Å²) in [5, 5.41) is 11.9. The average molecular weight is 356 g/mol. The minimum Gasteiger partial charge on any atom is -0.481 e. The van der Waals surface area contributed by atoms with Crippen LogP contribution in [0.15, 0.2) is 48.7 Å². The van der Waals surface area contributed by atoms with Crippen molar-refractivity contribution < 1.29 is 24.2 Å². The molecule has 0 bridgehead atoms. The molecule has 3 rings (SSSR count). The number of rotatable bonds is 7. The van der Waals surface area contributed by atoms with E-state index in [1.165, 1.54) is 6.20 Å². The second-order valence-corrected chi connectivity index (χ2v) is 6.27. The van der Waals surface area contributed by atoms with Crippen LogP contribution in [-0.4, -0.2) is 40.7 Å². The van der Waals surface area contributed by atoms with Crippen LogP contribution in [0.3, 0.4) is 0 Å². The summed E-state index contributed by atoms with van der Waals surface area (Å²) < 4.78 is 10.9. The van der Waals surface area contributed by atoms with Crippen LogP contribution in [0.4, 0.5) is 0 Å². The van der Waals surface area contributed by atoms with E-state index >= 15 is 0 Å². The molecule has 136 valence electrons. The minimum absolute atomic E-state index is 0.176. The van der Waals surface area contributed by atoms with Crippen LogP contribution in [0.5, 0.6) is 5.88 Å². The molecule has 2 aromatic rings. The van der Waals surface area contributed by atoms with Gasteiger partial charge in [0, 0.05) is 18.9 Å². The van der Waals surface area contributed by atoms with Gasteiger partial charge >= 0.3 is 5.97 Å².